The zero-order chi connectivity index (χ0) is 13.8. The van der Waals surface area contributed by atoms with Gasteiger partial charge < -0.3 is 10.2 Å². The van der Waals surface area contributed by atoms with Gasteiger partial charge in [0.15, 0.2) is 0 Å². The molecule has 1 aromatic rings. The van der Waals surface area contributed by atoms with Crippen molar-refractivity contribution in [2.75, 3.05) is 18.4 Å². The normalized spacial score (nSPS) is 19.0. The van der Waals surface area contributed by atoms with Gasteiger partial charge in [-0.05, 0) is 18.1 Å². The highest BCUT2D eigenvalue weighted by atomic mass is 16.2. The number of hydrogen-bond donors (Lipinski definition) is 1. The van der Waals surface area contributed by atoms with Crippen molar-refractivity contribution in [2.24, 2.45) is 11.8 Å². The van der Waals surface area contributed by atoms with Crippen LogP contribution in [0.1, 0.15) is 20.3 Å². The summed E-state index contributed by atoms with van der Waals surface area (Å²) in [6, 6.07) is 5.34. The van der Waals surface area contributed by atoms with E-state index in [9.17, 15) is 9.59 Å². The van der Waals surface area contributed by atoms with Crippen LogP contribution in [0.4, 0.5) is 5.82 Å². The van der Waals surface area contributed by atoms with Gasteiger partial charge in [0.25, 0.3) is 0 Å². The maximum atomic E-state index is 12.1. The molecule has 5 heteroatoms. The van der Waals surface area contributed by atoms with E-state index in [0.717, 1.165) is 0 Å². The number of aromatic nitrogens is 1. The van der Waals surface area contributed by atoms with Crippen LogP contribution in [0.15, 0.2) is 24.4 Å². The van der Waals surface area contributed by atoms with E-state index in [1.807, 2.05) is 6.07 Å². The average Bonchev–Trinajstić information content (AvgIpc) is 2.71. The Kier molecular flexibility index (Phi) is 4.14. The fraction of sp³-hybridized carbons (Fsp3) is 0.500. The fourth-order valence-corrected chi connectivity index (χ4v) is 2.23. The highest BCUT2D eigenvalue weighted by Gasteiger charge is 2.34. The molecule has 0 unspecified atom stereocenters. The van der Waals surface area contributed by atoms with Crippen molar-refractivity contribution in [3.8, 4) is 0 Å². The molecule has 1 saturated heterocycles. The molecule has 2 rings (SSSR count). The zero-order valence-electron chi connectivity index (χ0n) is 11.3. The monoisotopic (exact) mass is 261 g/mol. The average molecular weight is 261 g/mol. The summed E-state index contributed by atoms with van der Waals surface area (Å²) in [6.07, 6.45) is 1.92. The molecule has 102 valence electrons. The molecule has 1 aromatic heterocycles. The first kappa shape index (κ1) is 13.5. The number of nitrogens with zero attached hydrogens (tertiary/aromatic N) is 2. The predicted octanol–water partition coefficient (Wildman–Crippen LogP) is 1.52. The lowest BCUT2D eigenvalue weighted by atomic mass is 10.1. The lowest BCUT2D eigenvalue weighted by molar-refractivity contribution is -0.128. The van der Waals surface area contributed by atoms with Gasteiger partial charge >= 0.3 is 0 Å². The smallest absolute Gasteiger partial charge is 0.230 e. The molecule has 2 amide bonds. The number of amides is 2. The van der Waals surface area contributed by atoms with Crippen molar-refractivity contribution in [3.63, 3.8) is 0 Å². The second-order valence-electron chi connectivity index (χ2n) is 5.30. The molecule has 19 heavy (non-hydrogen) atoms. The first-order chi connectivity index (χ1) is 9.06. The van der Waals surface area contributed by atoms with E-state index in [0.29, 0.717) is 31.2 Å². The Bertz CT molecular complexity index is 459. The maximum absolute atomic E-state index is 12.1. The van der Waals surface area contributed by atoms with Crippen LogP contribution < -0.4 is 5.32 Å². The summed E-state index contributed by atoms with van der Waals surface area (Å²) in [6.45, 7) is 5.35. The lowest BCUT2D eigenvalue weighted by Crippen LogP contribution is -2.31. The van der Waals surface area contributed by atoms with Crippen molar-refractivity contribution in [2.45, 2.75) is 20.3 Å². The van der Waals surface area contributed by atoms with E-state index < -0.39 is 0 Å². The van der Waals surface area contributed by atoms with Crippen molar-refractivity contribution in [1.29, 1.82) is 0 Å². The van der Waals surface area contributed by atoms with E-state index in [1.165, 1.54) is 0 Å². The van der Waals surface area contributed by atoms with Crippen LogP contribution in [0.5, 0.6) is 0 Å². The number of carbonyl (C=O) groups excluding carboxylic acids is 2. The first-order valence-corrected chi connectivity index (χ1v) is 6.56. The van der Waals surface area contributed by atoms with E-state index in [4.69, 9.17) is 0 Å². The molecule has 0 aromatic carbocycles. The molecule has 1 fully saturated rings. The number of hydrogen-bond acceptors (Lipinski definition) is 3. The summed E-state index contributed by atoms with van der Waals surface area (Å²) in [7, 11) is 0. The topological polar surface area (TPSA) is 62.3 Å². The van der Waals surface area contributed by atoms with Gasteiger partial charge in [-0.1, -0.05) is 19.9 Å². The molecule has 0 bridgehead atoms. The Morgan fingerprint density at radius 1 is 1.53 bits per heavy atom. The summed E-state index contributed by atoms with van der Waals surface area (Å²) in [5.41, 5.74) is 0. The van der Waals surface area contributed by atoms with E-state index in [-0.39, 0.29) is 17.7 Å². The minimum Gasteiger partial charge on any atom is -0.342 e. The molecule has 5 nitrogen and oxygen atoms in total. The molecular weight excluding hydrogens is 242 g/mol. The number of rotatable bonds is 4. The number of anilines is 1. The molecule has 1 aliphatic heterocycles. The summed E-state index contributed by atoms with van der Waals surface area (Å²) in [4.78, 5) is 29.7. The van der Waals surface area contributed by atoms with Gasteiger partial charge in [0.05, 0.1) is 5.92 Å². The molecule has 0 aliphatic carbocycles. The highest BCUT2D eigenvalue weighted by Crippen LogP contribution is 2.20. The van der Waals surface area contributed by atoms with Crippen LogP contribution >= 0.6 is 0 Å². The highest BCUT2D eigenvalue weighted by molar-refractivity contribution is 5.96. The van der Waals surface area contributed by atoms with Crippen LogP contribution in [-0.2, 0) is 9.59 Å². The Labute approximate surface area is 113 Å². The summed E-state index contributed by atoms with van der Waals surface area (Å²) < 4.78 is 0. The third-order valence-electron chi connectivity index (χ3n) is 3.09. The zero-order valence-corrected chi connectivity index (χ0v) is 11.3. The Hall–Kier alpha value is -1.91. The molecule has 0 saturated carbocycles. The minimum atomic E-state index is -0.270. The minimum absolute atomic E-state index is 0.0647. The second-order valence-corrected chi connectivity index (χ2v) is 5.30. The second kappa shape index (κ2) is 5.82. The van der Waals surface area contributed by atoms with Crippen molar-refractivity contribution in [3.05, 3.63) is 24.4 Å². The van der Waals surface area contributed by atoms with Crippen molar-refractivity contribution in [1.82, 2.24) is 9.88 Å². The molecular formula is C14H19N3O2. The molecule has 1 N–H and O–H groups in total. The van der Waals surface area contributed by atoms with E-state index in [2.05, 4.69) is 24.1 Å². The van der Waals surface area contributed by atoms with Gasteiger partial charge in [0.2, 0.25) is 11.8 Å². The fourth-order valence-electron chi connectivity index (χ4n) is 2.23. The van der Waals surface area contributed by atoms with Crippen LogP contribution in [0.3, 0.4) is 0 Å². The quantitative estimate of drug-likeness (QED) is 0.894. The third-order valence-corrected chi connectivity index (χ3v) is 3.09. The predicted molar refractivity (Wildman–Crippen MR) is 72.4 cm³/mol. The first-order valence-electron chi connectivity index (χ1n) is 6.56. The maximum Gasteiger partial charge on any atom is 0.230 e. The number of likely N-dealkylation sites (tertiary alicyclic amines) is 1. The van der Waals surface area contributed by atoms with Gasteiger partial charge in [-0.2, -0.15) is 0 Å². The molecule has 0 spiro atoms. The van der Waals surface area contributed by atoms with Gasteiger partial charge in [0, 0.05) is 25.7 Å². The van der Waals surface area contributed by atoms with Crippen LogP contribution in [0, 0.1) is 11.8 Å². The van der Waals surface area contributed by atoms with Crippen molar-refractivity contribution < 1.29 is 9.59 Å². The van der Waals surface area contributed by atoms with E-state index >= 15 is 0 Å². The number of nitrogens with one attached hydrogen (secondary N) is 1. The molecule has 1 atom stereocenters. The van der Waals surface area contributed by atoms with Gasteiger partial charge in [-0.15, -0.1) is 0 Å². The Morgan fingerprint density at radius 3 is 2.95 bits per heavy atom. The van der Waals surface area contributed by atoms with Gasteiger partial charge in [-0.3, -0.25) is 9.59 Å². The van der Waals surface area contributed by atoms with Crippen LogP contribution in [0.2, 0.25) is 0 Å². The molecule has 1 aliphatic rings. The van der Waals surface area contributed by atoms with Gasteiger partial charge in [-0.25, -0.2) is 4.98 Å². The number of carbonyl (C=O) groups is 2. The molecule has 0 radical (unpaired) electrons. The SMILES string of the molecule is CC(C)CN1C[C@@H](C(=O)Nc2ccccn2)CC1=O. The summed E-state index contributed by atoms with van der Waals surface area (Å²) in [5, 5.41) is 2.75. The van der Waals surface area contributed by atoms with Crippen molar-refractivity contribution >= 4 is 17.6 Å². The summed E-state index contributed by atoms with van der Waals surface area (Å²) in [5.74, 6) is 0.616. The van der Waals surface area contributed by atoms with Crippen LogP contribution in [-0.4, -0.2) is 34.8 Å². The van der Waals surface area contributed by atoms with Gasteiger partial charge in [0.1, 0.15) is 5.82 Å². The Morgan fingerprint density at radius 2 is 2.32 bits per heavy atom. The largest absolute Gasteiger partial charge is 0.342 e. The number of pyridine rings is 1. The summed E-state index contributed by atoms with van der Waals surface area (Å²) >= 11 is 0. The van der Waals surface area contributed by atoms with E-state index in [1.54, 1.807) is 23.2 Å². The Balaban J connectivity index is 1.93. The standard InChI is InChI=1S/C14H19N3O2/c1-10(2)8-17-9-11(7-13(17)18)14(19)16-12-5-3-4-6-15-12/h3-6,10-11H,7-9H2,1-2H3,(H,15,16,19)/t11-/m0/s1. The third kappa shape index (κ3) is 3.53. The molecule has 2 heterocycles. The lowest BCUT2D eigenvalue weighted by Gasteiger charge is -2.18. The van der Waals surface area contributed by atoms with Crippen LogP contribution in [0.25, 0.3) is 0 Å².